The summed E-state index contributed by atoms with van der Waals surface area (Å²) < 4.78 is 0. The number of fused-ring (bicyclic) bond motifs is 1. The van der Waals surface area contributed by atoms with Crippen LogP contribution < -0.4 is 5.73 Å². The highest BCUT2D eigenvalue weighted by atomic mass is 14.8. The van der Waals surface area contributed by atoms with E-state index in [0.29, 0.717) is 11.4 Å². The van der Waals surface area contributed by atoms with Gasteiger partial charge in [0.2, 0.25) is 0 Å². The van der Waals surface area contributed by atoms with Gasteiger partial charge in [-0.1, -0.05) is 6.07 Å². The Morgan fingerprint density at radius 3 is 2.67 bits per heavy atom. The number of nitrogen functional groups attached to an aromatic ring is 1. The van der Waals surface area contributed by atoms with Crippen LogP contribution in [0.2, 0.25) is 0 Å². The Labute approximate surface area is 88.2 Å². The van der Waals surface area contributed by atoms with E-state index in [1.807, 2.05) is 26.0 Å². The SMILES string of the molecule is Cc1cc(C)c2c(C#N)cc(N)nc2c1. The van der Waals surface area contributed by atoms with Crippen LogP contribution >= 0.6 is 0 Å². The van der Waals surface area contributed by atoms with Gasteiger partial charge < -0.3 is 5.73 Å². The molecule has 0 aliphatic carbocycles. The molecule has 0 saturated carbocycles. The van der Waals surface area contributed by atoms with E-state index < -0.39 is 0 Å². The van der Waals surface area contributed by atoms with Crippen LogP contribution in [-0.2, 0) is 0 Å². The second-order valence-electron chi connectivity index (χ2n) is 3.68. The van der Waals surface area contributed by atoms with Crippen molar-refractivity contribution in [2.24, 2.45) is 0 Å². The van der Waals surface area contributed by atoms with Crippen molar-refractivity contribution < 1.29 is 0 Å². The molecule has 0 atom stereocenters. The molecule has 0 spiro atoms. The van der Waals surface area contributed by atoms with Gasteiger partial charge in [0, 0.05) is 5.39 Å². The van der Waals surface area contributed by atoms with E-state index in [4.69, 9.17) is 11.0 Å². The second kappa shape index (κ2) is 3.25. The molecule has 15 heavy (non-hydrogen) atoms. The minimum absolute atomic E-state index is 0.393. The Kier molecular flexibility index (Phi) is 2.05. The second-order valence-corrected chi connectivity index (χ2v) is 3.68. The van der Waals surface area contributed by atoms with Gasteiger partial charge in [-0.2, -0.15) is 5.26 Å². The lowest BCUT2D eigenvalue weighted by Crippen LogP contribution is -1.95. The first kappa shape index (κ1) is 9.47. The van der Waals surface area contributed by atoms with Crippen LogP contribution in [0, 0.1) is 25.2 Å². The number of nitriles is 1. The first-order chi connectivity index (χ1) is 7.11. The fraction of sp³-hybridized carbons (Fsp3) is 0.167. The summed E-state index contributed by atoms with van der Waals surface area (Å²) in [5, 5.41) is 9.92. The number of hydrogen-bond acceptors (Lipinski definition) is 3. The zero-order chi connectivity index (χ0) is 11.0. The van der Waals surface area contributed by atoms with E-state index in [9.17, 15) is 0 Å². The Hall–Kier alpha value is -2.08. The molecule has 2 rings (SSSR count). The van der Waals surface area contributed by atoms with Crippen molar-refractivity contribution in [1.29, 1.82) is 5.26 Å². The van der Waals surface area contributed by atoms with Crippen LogP contribution in [-0.4, -0.2) is 4.98 Å². The topological polar surface area (TPSA) is 62.7 Å². The van der Waals surface area contributed by atoms with E-state index in [1.54, 1.807) is 6.07 Å². The highest BCUT2D eigenvalue weighted by Gasteiger charge is 2.07. The predicted molar refractivity (Wildman–Crippen MR) is 60.3 cm³/mol. The number of rotatable bonds is 0. The van der Waals surface area contributed by atoms with Crippen molar-refractivity contribution in [3.05, 3.63) is 34.9 Å². The van der Waals surface area contributed by atoms with Crippen molar-refractivity contribution >= 4 is 16.7 Å². The van der Waals surface area contributed by atoms with Crippen molar-refractivity contribution in [3.8, 4) is 6.07 Å². The van der Waals surface area contributed by atoms with Crippen LogP contribution in [0.15, 0.2) is 18.2 Å². The molecule has 3 nitrogen and oxygen atoms in total. The molecule has 1 heterocycles. The molecular formula is C12H11N3. The van der Waals surface area contributed by atoms with Gasteiger partial charge in [0.1, 0.15) is 5.82 Å². The number of pyridine rings is 1. The fourth-order valence-electron chi connectivity index (χ4n) is 1.86. The molecule has 0 aliphatic heterocycles. The molecule has 0 bridgehead atoms. The third kappa shape index (κ3) is 1.50. The van der Waals surface area contributed by atoms with Crippen LogP contribution in [0.3, 0.4) is 0 Å². The molecule has 0 radical (unpaired) electrons. The van der Waals surface area contributed by atoms with Gasteiger partial charge in [0.05, 0.1) is 17.1 Å². The summed E-state index contributed by atoms with van der Waals surface area (Å²) in [6.07, 6.45) is 0. The van der Waals surface area contributed by atoms with Crippen molar-refractivity contribution in [2.75, 3.05) is 5.73 Å². The molecule has 0 amide bonds. The fourth-order valence-corrected chi connectivity index (χ4v) is 1.86. The maximum atomic E-state index is 9.02. The van der Waals surface area contributed by atoms with Crippen LogP contribution in [0.25, 0.3) is 10.9 Å². The first-order valence-corrected chi connectivity index (χ1v) is 4.69. The zero-order valence-corrected chi connectivity index (χ0v) is 8.70. The molecule has 0 aliphatic rings. The largest absolute Gasteiger partial charge is 0.384 e. The summed E-state index contributed by atoms with van der Waals surface area (Å²) in [5.74, 6) is 0.393. The molecule has 1 aromatic heterocycles. The number of benzene rings is 1. The summed E-state index contributed by atoms with van der Waals surface area (Å²) >= 11 is 0. The molecular weight excluding hydrogens is 186 g/mol. The Bertz CT molecular complexity index is 574. The minimum Gasteiger partial charge on any atom is -0.384 e. The Balaban J connectivity index is 2.98. The zero-order valence-electron chi connectivity index (χ0n) is 8.70. The number of nitrogens with two attached hydrogens (primary N) is 1. The van der Waals surface area contributed by atoms with Gasteiger partial charge in [0.25, 0.3) is 0 Å². The summed E-state index contributed by atoms with van der Waals surface area (Å²) in [7, 11) is 0. The van der Waals surface area contributed by atoms with Gasteiger partial charge >= 0.3 is 0 Å². The van der Waals surface area contributed by atoms with Gasteiger partial charge in [-0.05, 0) is 37.1 Å². The third-order valence-corrected chi connectivity index (χ3v) is 2.39. The number of aryl methyl sites for hydroxylation is 2. The smallest absolute Gasteiger partial charge is 0.125 e. The molecule has 0 fully saturated rings. The van der Waals surface area contributed by atoms with Gasteiger partial charge in [-0.15, -0.1) is 0 Å². The Morgan fingerprint density at radius 1 is 1.27 bits per heavy atom. The molecule has 2 aromatic rings. The van der Waals surface area contributed by atoms with Crippen LogP contribution in [0.4, 0.5) is 5.82 Å². The highest BCUT2D eigenvalue weighted by molar-refractivity contribution is 5.89. The van der Waals surface area contributed by atoms with Crippen LogP contribution in [0.5, 0.6) is 0 Å². The van der Waals surface area contributed by atoms with Gasteiger partial charge in [-0.3, -0.25) is 0 Å². The quantitative estimate of drug-likeness (QED) is 0.704. The summed E-state index contributed by atoms with van der Waals surface area (Å²) in [5.41, 5.74) is 9.22. The lowest BCUT2D eigenvalue weighted by molar-refractivity contribution is 1.34. The molecule has 74 valence electrons. The summed E-state index contributed by atoms with van der Waals surface area (Å²) in [4.78, 5) is 4.23. The van der Waals surface area contributed by atoms with E-state index in [1.165, 1.54) is 0 Å². The number of aromatic nitrogens is 1. The van der Waals surface area contributed by atoms with E-state index in [0.717, 1.165) is 22.0 Å². The first-order valence-electron chi connectivity index (χ1n) is 4.69. The summed E-state index contributed by atoms with van der Waals surface area (Å²) in [6.45, 7) is 3.98. The lowest BCUT2D eigenvalue weighted by Gasteiger charge is -2.06. The van der Waals surface area contributed by atoms with Gasteiger partial charge in [0.15, 0.2) is 0 Å². The average Bonchev–Trinajstić information content (AvgIpc) is 2.14. The molecule has 0 saturated heterocycles. The number of anilines is 1. The van der Waals surface area contributed by atoms with Crippen molar-refractivity contribution in [2.45, 2.75) is 13.8 Å². The number of hydrogen-bond donors (Lipinski definition) is 1. The minimum atomic E-state index is 0.393. The third-order valence-electron chi connectivity index (χ3n) is 2.39. The van der Waals surface area contributed by atoms with Crippen molar-refractivity contribution in [3.63, 3.8) is 0 Å². The average molecular weight is 197 g/mol. The molecule has 1 aromatic carbocycles. The normalized spacial score (nSPS) is 10.2. The maximum Gasteiger partial charge on any atom is 0.125 e. The summed E-state index contributed by atoms with van der Waals surface area (Å²) in [6, 6.07) is 7.75. The monoisotopic (exact) mass is 197 g/mol. The molecule has 3 heteroatoms. The standard InChI is InChI=1S/C12H11N3/c1-7-3-8(2)12-9(6-13)5-11(14)15-10(12)4-7/h3-5H,1-2H3,(H2,14,15). The lowest BCUT2D eigenvalue weighted by atomic mass is 10.0. The molecule has 2 N–H and O–H groups in total. The van der Waals surface area contributed by atoms with Gasteiger partial charge in [-0.25, -0.2) is 4.98 Å². The number of nitrogens with zero attached hydrogens (tertiary/aromatic N) is 2. The van der Waals surface area contributed by atoms with Crippen molar-refractivity contribution in [1.82, 2.24) is 4.98 Å². The predicted octanol–water partition coefficient (Wildman–Crippen LogP) is 2.31. The van der Waals surface area contributed by atoms with Crippen LogP contribution in [0.1, 0.15) is 16.7 Å². The highest BCUT2D eigenvalue weighted by Crippen LogP contribution is 2.23. The molecule has 0 unspecified atom stereocenters. The van der Waals surface area contributed by atoms with E-state index in [2.05, 4.69) is 11.1 Å². The van der Waals surface area contributed by atoms with E-state index >= 15 is 0 Å². The van der Waals surface area contributed by atoms with E-state index in [-0.39, 0.29) is 0 Å². The Morgan fingerprint density at radius 2 is 2.00 bits per heavy atom. The maximum absolute atomic E-state index is 9.02.